The van der Waals surface area contributed by atoms with Crippen LogP contribution in [0.2, 0.25) is 0 Å². The Bertz CT molecular complexity index is 754. The van der Waals surface area contributed by atoms with Crippen LogP contribution in [-0.2, 0) is 0 Å². The molecule has 158 valence electrons. The Balaban J connectivity index is 1.57. The van der Waals surface area contributed by atoms with Crippen LogP contribution in [0.4, 0.5) is 4.39 Å². The number of piperidine rings is 1. The average molecular weight is 400 g/mol. The number of ether oxygens (including phenoxy) is 2. The Labute approximate surface area is 174 Å². The molecule has 2 unspecified atom stereocenters. The summed E-state index contributed by atoms with van der Waals surface area (Å²) in [6.45, 7) is 9.71. The summed E-state index contributed by atoms with van der Waals surface area (Å²) in [5.74, 6) is 1.59. The topological polar surface area (TPSA) is 21.7 Å². The van der Waals surface area contributed by atoms with Crippen molar-refractivity contribution < 1.29 is 13.9 Å². The molecular formula is C25H34FNO2. The van der Waals surface area contributed by atoms with Gasteiger partial charge in [0.1, 0.15) is 23.7 Å². The number of hydrogen-bond donors (Lipinski definition) is 0. The van der Waals surface area contributed by atoms with Gasteiger partial charge in [0, 0.05) is 37.4 Å². The third kappa shape index (κ3) is 5.51. The molecular weight excluding hydrogens is 365 g/mol. The van der Waals surface area contributed by atoms with E-state index in [4.69, 9.17) is 9.47 Å². The quantitative estimate of drug-likeness (QED) is 0.556. The smallest absolute Gasteiger partial charge is 0.122 e. The Kier molecular flexibility index (Phi) is 7.18. The minimum Gasteiger partial charge on any atom is -0.492 e. The number of alkyl halides is 1. The van der Waals surface area contributed by atoms with Crippen LogP contribution >= 0.6 is 0 Å². The minimum absolute atomic E-state index is 0.144. The zero-order valence-electron chi connectivity index (χ0n) is 18.1. The van der Waals surface area contributed by atoms with Gasteiger partial charge in [0.25, 0.3) is 0 Å². The maximum atomic E-state index is 13.1. The molecule has 0 amide bonds. The number of rotatable bonds is 8. The summed E-state index contributed by atoms with van der Waals surface area (Å²) in [5, 5.41) is 0. The van der Waals surface area contributed by atoms with Gasteiger partial charge < -0.3 is 9.47 Å². The highest BCUT2D eigenvalue weighted by Gasteiger charge is 2.40. The van der Waals surface area contributed by atoms with Crippen molar-refractivity contribution in [3.8, 4) is 11.5 Å². The molecule has 1 aliphatic rings. The number of likely N-dealkylation sites (tertiary alicyclic amines) is 1. The third-order valence-electron chi connectivity index (χ3n) is 5.98. The molecule has 0 spiro atoms. The predicted octanol–water partition coefficient (Wildman–Crippen LogP) is 5.85. The highest BCUT2D eigenvalue weighted by Crippen LogP contribution is 2.35. The molecule has 3 rings (SSSR count). The number of benzene rings is 2. The number of hydrogen-bond acceptors (Lipinski definition) is 3. The molecule has 0 N–H and O–H groups in total. The second kappa shape index (κ2) is 9.62. The molecule has 2 aromatic rings. The average Bonchev–Trinajstić information content (AvgIpc) is 2.70. The molecule has 1 fully saturated rings. The van der Waals surface area contributed by atoms with E-state index in [2.05, 4.69) is 25.7 Å². The summed E-state index contributed by atoms with van der Waals surface area (Å²) in [5.41, 5.74) is 0.777. The lowest BCUT2D eigenvalue weighted by Gasteiger charge is -2.47. The predicted molar refractivity (Wildman–Crippen MR) is 117 cm³/mol. The Morgan fingerprint density at radius 3 is 2.31 bits per heavy atom. The molecule has 3 atom stereocenters. The summed E-state index contributed by atoms with van der Waals surface area (Å²) < 4.78 is 25.6. The first kappa shape index (κ1) is 21.6. The molecule has 1 heterocycles. The monoisotopic (exact) mass is 399 g/mol. The second-order valence-corrected chi connectivity index (χ2v) is 8.65. The molecule has 0 aromatic heterocycles. The molecule has 3 nitrogen and oxygen atoms in total. The van der Waals surface area contributed by atoms with Crippen molar-refractivity contribution in [2.45, 2.75) is 64.1 Å². The number of nitrogens with zero attached hydrogens (tertiary/aromatic N) is 1. The van der Waals surface area contributed by atoms with E-state index in [-0.39, 0.29) is 18.2 Å². The van der Waals surface area contributed by atoms with Crippen molar-refractivity contribution in [2.24, 2.45) is 0 Å². The number of para-hydroxylation sites is 2. The standard InChI is InChI=1S/C25H34FNO2/c1-19(18-26)23-12-8-9-13-24(23)28-15-14-27-20(2)16-25(4,17-21(27)3)29-22-10-6-5-7-11-22/h5-13,19-21H,14-18H2,1-4H3/t19-,20?,21?,25?/m0/s1. The summed E-state index contributed by atoms with van der Waals surface area (Å²) >= 11 is 0. The van der Waals surface area contributed by atoms with E-state index in [1.54, 1.807) is 0 Å². The maximum absolute atomic E-state index is 13.1. The first-order chi connectivity index (χ1) is 13.9. The Hall–Kier alpha value is -2.07. The minimum atomic E-state index is -0.374. The Morgan fingerprint density at radius 1 is 1.03 bits per heavy atom. The van der Waals surface area contributed by atoms with Crippen LogP contribution in [0.3, 0.4) is 0 Å². The van der Waals surface area contributed by atoms with Crippen molar-refractivity contribution in [3.05, 3.63) is 60.2 Å². The van der Waals surface area contributed by atoms with E-state index in [9.17, 15) is 4.39 Å². The normalized spacial score (nSPS) is 26.1. The van der Waals surface area contributed by atoms with Gasteiger partial charge in [-0.15, -0.1) is 0 Å². The van der Waals surface area contributed by atoms with Crippen molar-refractivity contribution in [1.29, 1.82) is 0 Å². The second-order valence-electron chi connectivity index (χ2n) is 8.65. The van der Waals surface area contributed by atoms with Crippen LogP contribution in [-0.4, -0.2) is 42.4 Å². The molecule has 0 bridgehead atoms. The van der Waals surface area contributed by atoms with Crippen molar-refractivity contribution in [1.82, 2.24) is 4.90 Å². The molecule has 4 heteroatoms. The van der Waals surface area contributed by atoms with Gasteiger partial charge in [-0.2, -0.15) is 0 Å². The molecule has 1 saturated heterocycles. The fraction of sp³-hybridized carbons (Fsp3) is 0.520. The first-order valence-corrected chi connectivity index (χ1v) is 10.7. The van der Waals surface area contributed by atoms with E-state index in [1.165, 1.54) is 0 Å². The lowest BCUT2D eigenvalue weighted by atomic mass is 9.84. The Morgan fingerprint density at radius 2 is 1.66 bits per heavy atom. The van der Waals surface area contributed by atoms with Crippen LogP contribution < -0.4 is 9.47 Å². The van der Waals surface area contributed by atoms with Crippen molar-refractivity contribution >= 4 is 0 Å². The molecule has 0 aliphatic carbocycles. The fourth-order valence-electron chi connectivity index (χ4n) is 4.66. The van der Waals surface area contributed by atoms with E-state index in [0.29, 0.717) is 18.7 Å². The highest BCUT2D eigenvalue weighted by molar-refractivity contribution is 5.36. The van der Waals surface area contributed by atoms with Gasteiger partial charge in [-0.25, -0.2) is 0 Å². The van der Waals surface area contributed by atoms with Gasteiger partial charge in [0.15, 0.2) is 0 Å². The molecule has 29 heavy (non-hydrogen) atoms. The summed E-state index contributed by atoms with van der Waals surface area (Å²) in [4.78, 5) is 2.50. The van der Waals surface area contributed by atoms with E-state index >= 15 is 0 Å². The summed E-state index contributed by atoms with van der Waals surface area (Å²) in [7, 11) is 0. The lowest BCUT2D eigenvalue weighted by molar-refractivity contribution is -0.0402. The summed E-state index contributed by atoms with van der Waals surface area (Å²) in [6, 6.07) is 18.7. The van der Waals surface area contributed by atoms with Gasteiger partial charge in [-0.3, -0.25) is 9.29 Å². The molecule has 2 aromatic carbocycles. The van der Waals surface area contributed by atoms with Crippen LogP contribution in [0, 0.1) is 0 Å². The maximum Gasteiger partial charge on any atom is 0.122 e. The van der Waals surface area contributed by atoms with E-state index < -0.39 is 0 Å². The van der Waals surface area contributed by atoms with Crippen molar-refractivity contribution in [3.63, 3.8) is 0 Å². The summed E-state index contributed by atoms with van der Waals surface area (Å²) in [6.07, 6.45) is 1.95. The molecule has 0 radical (unpaired) electrons. The van der Waals surface area contributed by atoms with Crippen LogP contribution in [0.25, 0.3) is 0 Å². The SMILES string of the molecule is CC1CC(C)(Oc2ccccc2)CC(C)N1CCOc1ccccc1[C@@H](C)CF. The zero-order chi connectivity index (χ0) is 20.9. The van der Waals surface area contributed by atoms with Crippen LogP contribution in [0.5, 0.6) is 11.5 Å². The van der Waals surface area contributed by atoms with Gasteiger partial charge in [-0.1, -0.05) is 43.3 Å². The van der Waals surface area contributed by atoms with E-state index in [0.717, 1.165) is 36.4 Å². The molecule has 0 saturated carbocycles. The third-order valence-corrected chi connectivity index (χ3v) is 5.98. The molecule has 1 aliphatic heterocycles. The lowest BCUT2D eigenvalue weighted by Crippen LogP contribution is -2.55. The van der Waals surface area contributed by atoms with Gasteiger partial charge in [0.2, 0.25) is 0 Å². The largest absolute Gasteiger partial charge is 0.492 e. The first-order valence-electron chi connectivity index (χ1n) is 10.7. The van der Waals surface area contributed by atoms with Gasteiger partial charge >= 0.3 is 0 Å². The highest BCUT2D eigenvalue weighted by atomic mass is 19.1. The zero-order valence-corrected chi connectivity index (χ0v) is 18.1. The fourth-order valence-corrected chi connectivity index (χ4v) is 4.66. The van der Waals surface area contributed by atoms with Crippen LogP contribution in [0.1, 0.15) is 52.0 Å². The van der Waals surface area contributed by atoms with Crippen LogP contribution in [0.15, 0.2) is 54.6 Å². The number of halogens is 1. The van der Waals surface area contributed by atoms with E-state index in [1.807, 2.05) is 61.5 Å². The van der Waals surface area contributed by atoms with Gasteiger partial charge in [-0.05, 0) is 44.5 Å². The van der Waals surface area contributed by atoms with Gasteiger partial charge in [0.05, 0.1) is 6.67 Å². The van der Waals surface area contributed by atoms with Crippen molar-refractivity contribution in [2.75, 3.05) is 19.8 Å².